The Morgan fingerprint density at radius 3 is 2.44 bits per heavy atom. The quantitative estimate of drug-likeness (QED) is 0.620. The molecule has 2 heteroatoms. The first-order valence-corrected chi connectivity index (χ1v) is 7.32. The van der Waals surface area contributed by atoms with Gasteiger partial charge in [0.1, 0.15) is 0 Å². The number of rotatable bonds is 6. The standard InChI is InChI=1S/C16H28FN/c1-14(15(2)9-10-16(3)17)8-7-13-18-11-5-4-6-12-18/h9-10,14H,4-8,11-13H2,1-3H3. The molecule has 1 unspecified atom stereocenters. The Labute approximate surface area is 112 Å². The number of piperidine rings is 1. The molecular weight excluding hydrogens is 225 g/mol. The maximum atomic E-state index is 12.6. The van der Waals surface area contributed by atoms with E-state index in [-0.39, 0.29) is 5.83 Å². The molecule has 0 radical (unpaired) electrons. The molecular formula is C16H28FN. The van der Waals surface area contributed by atoms with E-state index in [2.05, 4.69) is 18.7 Å². The van der Waals surface area contributed by atoms with Gasteiger partial charge in [-0.3, -0.25) is 0 Å². The highest BCUT2D eigenvalue weighted by molar-refractivity contribution is 5.14. The SMILES string of the molecule is CC(F)=CC=C(C)C(C)CCCN1CCCCC1. The summed E-state index contributed by atoms with van der Waals surface area (Å²) in [7, 11) is 0. The normalized spacial score (nSPS) is 21.1. The topological polar surface area (TPSA) is 3.24 Å². The fourth-order valence-corrected chi connectivity index (χ4v) is 2.44. The summed E-state index contributed by atoms with van der Waals surface area (Å²) in [6.07, 6.45) is 10.1. The van der Waals surface area contributed by atoms with Crippen molar-refractivity contribution in [3.05, 3.63) is 23.6 Å². The van der Waals surface area contributed by atoms with Gasteiger partial charge in [-0.05, 0) is 71.2 Å². The lowest BCUT2D eigenvalue weighted by Crippen LogP contribution is -2.30. The van der Waals surface area contributed by atoms with Crippen molar-refractivity contribution in [1.29, 1.82) is 0 Å². The number of hydrogen-bond acceptors (Lipinski definition) is 1. The molecule has 18 heavy (non-hydrogen) atoms. The summed E-state index contributed by atoms with van der Waals surface area (Å²) in [6.45, 7) is 9.63. The molecule has 1 aliphatic heterocycles. The summed E-state index contributed by atoms with van der Waals surface area (Å²) in [5, 5.41) is 0. The van der Waals surface area contributed by atoms with Crippen LogP contribution in [-0.2, 0) is 0 Å². The molecule has 0 aromatic carbocycles. The zero-order valence-corrected chi connectivity index (χ0v) is 12.2. The van der Waals surface area contributed by atoms with Crippen LogP contribution in [0.3, 0.4) is 0 Å². The van der Waals surface area contributed by atoms with Gasteiger partial charge in [-0.15, -0.1) is 0 Å². The molecule has 1 atom stereocenters. The number of nitrogens with zero attached hydrogens (tertiary/aromatic N) is 1. The van der Waals surface area contributed by atoms with Crippen LogP contribution in [0.1, 0.15) is 52.9 Å². The highest BCUT2D eigenvalue weighted by Gasteiger charge is 2.10. The lowest BCUT2D eigenvalue weighted by molar-refractivity contribution is 0.222. The van der Waals surface area contributed by atoms with Gasteiger partial charge in [0.15, 0.2) is 0 Å². The lowest BCUT2D eigenvalue weighted by Gasteiger charge is -2.26. The van der Waals surface area contributed by atoms with Gasteiger partial charge in [0.25, 0.3) is 0 Å². The van der Waals surface area contributed by atoms with E-state index in [1.54, 1.807) is 6.08 Å². The third kappa shape index (κ3) is 6.34. The molecule has 0 bridgehead atoms. The molecule has 0 aromatic heterocycles. The van der Waals surface area contributed by atoms with Crippen molar-refractivity contribution >= 4 is 0 Å². The Morgan fingerprint density at radius 2 is 1.83 bits per heavy atom. The molecule has 1 nitrogen and oxygen atoms in total. The second-order valence-corrected chi connectivity index (χ2v) is 5.61. The van der Waals surface area contributed by atoms with Crippen LogP contribution in [0, 0.1) is 5.92 Å². The molecule has 0 N–H and O–H groups in total. The number of hydrogen-bond donors (Lipinski definition) is 0. The van der Waals surface area contributed by atoms with Gasteiger partial charge in [-0.1, -0.05) is 25.0 Å². The largest absolute Gasteiger partial charge is 0.303 e. The molecule has 1 aliphatic rings. The molecule has 104 valence electrons. The van der Waals surface area contributed by atoms with Gasteiger partial charge in [0.2, 0.25) is 0 Å². The Morgan fingerprint density at radius 1 is 1.17 bits per heavy atom. The summed E-state index contributed by atoms with van der Waals surface area (Å²) in [5.41, 5.74) is 1.28. The van der Waals surface area contributed by atoms with Crippen molar-refractivity contribution < 1.29 is 4.39 Å². The zero-order valence-electron chi connectivity index (χ0n) is 12.2. The van der Waals surface area contributed by atoms with E-state index in [4.69, 9.17) is 0 Å². The van der Waals surface area contributed by atoms with Gasteiger partial charge < -0.3 is 4.90 Å². The fourth-order valence-electron chi connectivity index (χ4n) is 2.44. The predicted octanol–water partition coefficient (Wildman–Crippen LogP) is 4.71. The molecule has 0 aliphatic carbocycles. The molecule has 0 spiro atoms. The minimum absolute atomic E-state index is 0.116. The van der Waals surface area contributed by atoms with Gasteiger partial charge in [0.05, 0.1) is 5.83 Å². The van der Waals surface area contributed by atoms with Crippen molar-refractivity contribution in [2.24, 2.45) is 5.92 Å². The molecule has 0 amide bonds. The number of halogens is 1. The van der Waals surface area contributed by atoms with Crippen LogP contribution in [0.15, 0.2) is 23.6 Å². The Balaban J connectivity index is 2.21. The average Bonchev–Trinajstić information content (AvgIpc) is 2.37. The maximum absolute atomic E-state index is 12.6. The summed E-state index contributed by atoms with van der Waals surface area (Å²) in [4.78, 5) is 2.58. The minimum Gasteiger partial charge on any atom is -0.303 e. The van der Waals surface area contributed by atoms with E-state index in [1.165, 1.54) is 64.2 Å². The van der Waals surface area contributed by atoms with Crippen molar-refractivity contribution in [3.8, 4) is 0 Å². The first-order chi connectivity index (χ1) is 8.59. The van der Waals surface area contributed by atoms with Crippen molar-refractivity contribution in [2.75, 3.05) is 19.6 Å². The molecule has 1 saturated heterocycles. The third-order valence-electron chi connectivity index (χ3n) is 3.91. The van der Waals surface area contributed by atoms with Crippen LogP contribution >= 0.6 is 0 Å². The summed E-state index contributed by atoms with van der Waals surface area (Å²) >= 11 is 0. The van der Waals surface area contributed by atoms with Crippen molar-refractivity contribution in [3.63, 3.8) is 0 Å². The predicted molar refractivity (Wildman–Crippen MR) is 77.3 cm³/mol. The van der Waals surface area contributed by atoms with E-state index in [0.717, 1.165) is 0 Å². The first kappa shape index (κ1) is 15.4. The van der Waals surface area contributed by atoms with Gasteiger partial charge >= 0.3 is 0 Å². The number of likely N-dealkylation sites (tertiary alicyclic amines) is 1. The maximum Gasteiger partial charge on any atom is 0.0968 e. The number of allylic oxidation sites excluding steroid dienone is 4. The van der Waals surface area contributed by atoms with Crippen LogP contribution in [0.25, 0.3) is 0 Å². The highest BCUT2D eigenvalue weighted by atomic mass is 19.1. The van der Waals surface area contributed by atoms with E-state index >= 15 is 0 Å². The van der Waals surface area contributed by atoms with E-state index in [0.29, 0.717) is 5.92 Å². The fraction of sp³-hybridized carbons (Fsp3) is 0.750. The van der Waals surface area contributed by atoms with Gasteiger partial charge in [-0.25, -0.2) is 4.39 Å². The van der Waals surface area contributed by atoms with Gasteiger partial charge in [-0.2, -0.15) is 0 Å². The van der Waals surface area contributed by atoms with Crippen LogP contribution < -0.4 is 0 Å². The third-order valence-corrected chi connectivity index (χ3v) is 3.91. The summed E-state index contributed by atoms with van der Waals surface area (Å²) < 4.78 is 12.6. The van der Waals surface area contributed by atoms with E-state index in [1.807, 2.05) is 6.08 Å². The van der Waals surface area contributed by atoms with Crippen LogP contribution in [0.4, 0.5) is 4.39 Å². The summed E-state index contributed by atoms with van der Waals surface area (Å²) in [6, 6.07) is 0. The minimum atomic E-state index is -0.116. The molecule has 0 saturated carbocycles. The second-order valence-electron chi connectivity index (χ2n) is 5.61. The van der Waals surface area contributed by atoms with Gasteiger partial charge in [0, 0.05) is 0 Å². The molecule has 1 rings (SSSR count). The highest BCUT2D eigenvalue weighted by Crippen LogP contribution is 2.18. The van der Waals surface area contributed by atoms with Crippen molar-refractivity contribution in [1.82, 2.24) is 4.90 Å². The van der Waals surface area contributed by atoms with E-state index in [9.17, 15) is 4.39 Å². The second kappa shape index (κ2) is 8.47. The smallest absolute Gasteiger partial charge is 0.0968 e. The van der Waals surface area contributed by atoms with E-state index < -0.39 is 0 Å². The zero-order chi connectivity index (χ0) is 13.4. The van der Waals surface area contributed by atoms with Crippen LogP contribution in [0.2, 0.25) is 0 Å². The molecule has 1 fully saturated rings. The lowest BCUT2D eigenvalue weighted by atomic mass is 9.96. The summed E-state index contributed by atoms with van der Waals surface area (Å²) in [5.74, 6) is 0.445. The average molecular weight is 253 g/mol. The van der Waals surface area contributed by atoms with Crippen LogP contribution in [-0.4, -0.2) is 24.5 Å². The molecule has 0 aromatic rings. The molecule has 1 heterocycles. The van der Waals surface area contributed by atoms with Crippen molar-refractivity contribution in [2.45, 2.75) is 52.9 Å². The Kier molecular flexibility index (Phi) is 7.26. The van der Waals surface area contributed by atoms with Crippen LogP contribution in [0.5, 0.6) is 0 Å². The first-order valence-electron chi connectivity index (χ1n) is 7.32. The monoisotopic (exact) mass is 253 g/mol. The Bertz CT molecular complexity index is 283. The Hall–Kier alpha value is -0.630.